The fraction of sp³-hybridized carbons (Fsp3) is 0.200. The highest BCUT2D eigenvalue weighted by atomic mass is 35.5. The summed E-state index contributed by atoms with van der Waals surface area (Å²) in [5, 5.41) is 10.9. The summed E-state index contributed by atoms with van der Waals surface area (Å²) in [5.74, 6) is -1.65. The van der Waals surface area contributed by atoms with Crippen molar-refractivity contribution in [1.29, 1.82) is 0 Å². The van der Waals surface area contributed by atoms with Gasteiger partial charge < -0.3 is 15.3 Å². The van der Waals surface area contributed by atoms with Crippen molar-refractivity contribution in [1.82, 2.24) is 4.90 Å². The van der Waals surface area contributed by atoms with Crippen LogP contribution in [0.5, 0.6) is 0 Å². The van der Waals surface area contributed by atoms with Crippen LogP contribution in [-0.2, 0) is 4.79 Å². The molecule has 0 aliphatic heterocycles. The van der Waals surface area contributed by atoms with E-state index in [0.717, 1.165) is 17.0 Å². The van der Waals surface area contributed by atoms with Gasteiger partial charge in [-0.05, 0) is 18.2 Å². The highest BCUT2D eigenvalue weighted by Crippen LogP contribution is 2.22. The standard InChI is InChI=1S/C10H10ClFN2O3/c1-14(5-9(15)16)10(17)13-8-3-2-6(12)4-7(8)11/h2-4H,5H2,1H3,(H,13,17)(H,15,16). The van der Waals surface area contributed by atoms with Gasteiger partial charge in [0.1, 0.15) is 12.4 Å². The Bertz CT molecular complexity index is 453. The van der Waals surface area contributed by atoms with Crippen LogP contribution in [0.2, 0.25) is 5.02 Å². The van der Waals surface area contributed by atoms with Crippen LogP contribution in [0.25, 0.3) is 0 Å². The molecular formula is C10H10ClFN2O3. The SMILES string of the molecule is CN(CC(=O)O)C(=O)Nc1ccc(F)cc1Cl. The van der Waals surface area contributed by atoms with Crippen molar-refractivity contribution in [3.8, 4) is 0 Å². The highest BCUT2D eigenvalue weighted by Gasteiger charge is 2.13. The van der Waals surface area contributed by atoms with Crippen LogP contribution in [0.1, 0.15) is 0 Å². The van der Waals surface area contributed by atoms with Crippen LogP contribution in [0.15, 0.2) is 18.2 Å². The number of carboxylic acid groups (broad SMARTS) is 1. The number of likely N-dealkylation sites (N-methyl/N-ethyl adjacent to an activating group) is 1. The van der Waals surface area contributed by atoms with Crippen molar-refractivity contribution in [3.63, 3.8) is 0 Å². The van der Waals surface area contributed by atoms with Crippen molar-refractivity contribution in [2.75, 3.05) is 18.9 Å². The van der Waals surface area contributed by atoms with E-state index in [1.807, 2.05) is 0 Å². The number of carboxylic acids is 1. The molecule has 0 heterocycles. The lowest BCUT2D eigenvalue weighted by Crippen LogP contribution is -2.35. The first-order valence-electron chi connectivity index (χ1n) is 4.59. The van der Waals surface area contributed by atoms with Crippen LogP contribution >= 0.6 is 11.6 Å². The molecule has 17 heavy (non-hydrogen) atoms. The lowest BCUT2D eigenvalue weighted by Gasteiger charge is -2.16. The summed E-state index contributed by atoms with van der Waals surface area (Å²) in [7, 11) is 1.32. The maximum Gasteiger partial charge on any atom is 0.323 e. The summed E-state index contributed by atoms with van der Waals surface area (Å²) >= 11 is 5.69. The van der Waals surface area contributed by atoms with E-state index < -0.39 is 24.4 Å². The average molecular weight is 261 g/mol. The van der Waals surface area contributed by atoms with Crippen molar-refractivity contribution in [2.45, 2.75) is 0 Å². The number of benzene rings is 1. The molecular weight excluding hydrogens is 251 g/mol. The van der Waals surface area contributed by atoms with Gasteiger partial charge in [0.15, 0.2) is 0 Å². The van der Waals surface area contributed by atoms with E-state index >= 15 is 0 Å². The first kappa shape index (κ1) is 13.2. The minimum Gasteiger partial charge on any atom is -0.480 e. The summed E-state index contributed by atoms with van der Waals surface area (Å²) in [6, 6.07) is 2.85. The van der Waals surface area contributed by atoms with Gasteiger partial charge in [-0.25, -0.2) is 9.18 Å². The molecule has 0 atom stereocenters. The zero-order valence-electron chi connectivity index (χ0n) is 8.91. The topological polar surface area (TPSA) is 69.6 Å². The molecule has 0 fully saturated rings. The van der Waals surface area contributed by atoms with Crippen molar-refractivity contribution in [3.05, 3.63) is 29.0 Å². The van der Waals surface area contributed by atoms with E-state index in [2.05, 4.69) is 5.32 Å². The zero-order valence-corrected chi connectivity index (χ0v) is 9.66. The van der Waals surface area contributed by atoms with Gasteiger partial charge in [0.05, 0.1) is 10.7 Å². The van der Waals surface area contributed by atoms with Gasteiger partial charge in [-0.1, -0.05) is 11.6 Å². The van der Waals surface area contributed by atoms with Crippen LogP contribution in [-0.4, -0.2) is 35.6 Å². The molecule has 0 aliphatic rings. The Labute approximate surface area is 102 Å². The van der Waals surface area contributed by atoms with Crippen LogP contribution in [0, 0.1) is 5.82 Å². The molecule has 1 aromatic carbocycles. The minimum absolute atomic E-state index is 0.0436. The van der Waals surface area contributed by atoms with Gasteiger partial charge in [-0.2, -0.15) is 0 Å². The lowest BCUT2D eigenvalue weighted by atomic mass is 10.3. The third-order valence-corrected chi connectivity index (χ3v) is 2.20. The van der Waals surface area contributed by atoms with Crippen molar-refractivity contribution >= 4 is 29.3 Å². The number of halogens is 2. The molecule has 92 valence electrons. The van der Waals surface area contributed by atoms with Gasteiger partial charge in [0, 0.05) is 7.05 Å². The highest BCUT2D eigenvalue weighted by molar-refractivity contribution is 6.33. The number of amides is 2. The average Bonchev–Trinajstić information content (AvgIpc) is 2.21. The predicted molar refractivity (Wildman–Crippen MR) is 60.7 cm³/mol. The van der Waals surface area contributed by atoms with Crippen molar-refractivity contribution in [2.24, 2.45) is 0 Å². The minimum atomic E-state index is -1.13. The second kappa shape index (κ2) is 5.49. The van der Waals surface area contributed by atoms with Gasteiger partial charge in [-0.15, -0.1) is 0 Å². The largest absolute Gasteiger partial charge is 0.480 e. The van der Waals surface area contributed by atoms with Gasteiger partial charge in [-0.3, -0.25) is 4.79 Å². The Hall–Kier alpha value is -1.82. The smallest absolute Gasteiger partial charge is 0.323 e. The number of rotatable bonds is 3. The van der Waals surface area contributed by atoms with Gasteiger partial charge >= 0.3 is 12.0 Å². The van der Waals surface area contributed by atoms with Gasteiger partial charge in [0.25, 0.3) is 0 Å². The molecule has 0 radical (unpaired) electrons. The van der Waals surface area contributed by atoms with Crippen LogP contribution in [0.4, 0.5) is 14.9 Å². The summed E-state index contributed by atoms with van der Waals surface area (Å²) in [4.78, 5) is 22.8. The van der Waals surface area contributed by atoms with E-state index in [-0.39, 0.29) is 10.7 Å². The number of carbonyl (C=O) groups excluding carboxylic acids is 1. The number of anilines is 1. The molecule has 0 aliphatic carbocycles. The number of hydrogen-bond donors (Lipinski definition) is 2. The van der Waals surface area contributed by atoms with Gasteiger partial charge in [0.2, 0.25) is 0 Å². The summed E-state index contributed by atoms with van der Waals surface area (Å²) < 4.78 is 12.7. The molecule has 0 saturated heterocycles. The van der Waals surface area contributed by atoms with E-state index in [1.165, 1.54) is 13.1 Å². The fourth-order valence-corrected chi connectivity index (χ4v) is 1.29. The number of carbonyl (C=O) groups is 2. The molecule has 0 spiro atoms. The quantitative estimate of drug-likeness (QED) is 0.874. The number of aliphatic carboxylic acids is 1. The van der Waals surface area contributed by atoms with Crippen LogP contribution < -0.4 is 5.32 Å². The molecule has 1 aromatic rings. The van der Waals surface area contributed by atoms with Crippen molar-refractivity contribution < 1.29 is 19.1 Å². The lowest BCUT2D eigenvalue weighted by molar-refractivity contribution is -0.137. The molecule has 2 N–H and O–H groups in total. The summed E-state index contributed by atoms with van der Waals surface area (Å²) in [5.41, 5.74) is 0.218. The van der Waals surface area contributed by atoms with E-state index in [4.69, 9.17) is 16.7 Å². The Morgan fingerprint density at radius 1 is 1.53 bits per heavy atom. The fourth-order valence-electron chi connectivity index (χ4n) is 1.08. The van der Waals surface area contributed by atoms with E-state index in [1.54, 1.807) is 0 Å². The Morgan fingerprint density at radius 3 is 2.71 bits per heavy atom. The maximum absolute atomic E-state index is 12.7. The molecule has 0 aromatic heterocycles. The molecule has 2 amide bonds. The first-order chi connectivity index (χ1) is 7.90. The number of urea groups is 1. The predicted octanol–water partition coefficient (Wildman–Crippen LogP) is 2.03. The molecule has 0 unspecified atom stereocenters. The summed E-state index contributed by atoms with van der Waals surface area (Å²) in [6.07, 6.45) is 0. The first-order valence-corrected chi connectivity index (χ1v) is 4.97. The maximum atomic E-state index is 12.7. The Kier molecular flexibility index (Phi) is 4.28. The normalized spacial score (nSPS) is 9.82. The molecule has 1 rings (SSSR count). The third kappa shape index (κ3) is 3.92. The molecule has 5 nitrogen and oxygen atoms in total. The van der Waals surface area contributed by atoms with E-state index in [0.29, 0.717) is 0 Å². The molecule has 0 bridgehead atoms. The Morgan fingerprint density at radius 2 is 2.18 bits per heavy atom. The second-order valence-corrected chi connectivity index (χ2v) is 3.71. The zero-order chi connectivity index (χ0) is 13.0. The third-order valence-electron chi connectivity index (χ3n) is 1.89. The molecule has 0 saturated carbocycles. The number of nitrogens with zero attached hydrogens (tertiary/aromatic N) is 1. The van der Waals surface area contributed by atoms with E-state index in [9.17, 15) is 14.0 Å². The monoisotopic (exact) mass is 260 g/mol. The molecule has 7 heteroatoms. The van der Waals surface area contributed by atoms with Crippen LogP contribution in [0.3, 0.4) is 0 Å². The number of hydrogen-bond acceptors (Lipinski definition) is 2. The Balaban J connectivity index is 2.71. The second-order valence-electron chi connectivity index (χ2n) is 3.30. The number of nitrogens with one attached hydrogen (secondary N) is 1. The summed E-state index contributed by atoms with van der Waals surface area (Å²) in [6.45, 7) is -0.440.